The second kappa shape index (κ2) is 4.22. The van der Waals surface area contributed by atoms with Crippen LogP contribution >= 0.6 is 0 Å². The second-order valence-corrected chi connectivity index (χ2v) is 3.26. The number of rotatable bonds is 3. The van der Waals surface area contributed by atoms with Gasteiger partial charge in [-0.15, -0.1) is 0 Å². The highest BCUT2D eigenvalue weighted by atomic mass is 16.5. The first-order valence-electron chi connectivity index (χ1n) is 5.09. The maximum absolute atomic E-state index is 11.7. The molecule has 16 heavy (non-hydrogen) atoms. The van der Waals surface area contributed by atoms with Crippen molar-refractivity contribution in [3.63, 3.8) is 0 Å². The van der Waals surface area contributed by atoms with E-state index >= 15 is 0 Å². The summed E-state index contributed by atoms with van der Waals surface area (Å²) in [6, 6.07) is 1.87. The second-order valence-electron chi connectivity index (χ2n) is 3.26. The lowest BCUT2D eigenvalue weighted by molar-refractivity contribution is 0.0527. The number of nitrogens with zero attached hydrogens (tertiary/aromatic N) is 1. The van der Waals surface area contributed by atoms with Crippen LogP contribution in [0.5, 0.6) is 0 Å². The van der Waals surface area contributed by atoms with Gasteiger partial charge in [0.2, 0.25) is 0 Å². The molecule has 0 unspecified atom stereocenters. The summed E-state index contributed by atoms with van der Waals surface area (Å²) < 4.78 is 4.97. The zero-order valence-electron chi connectivity index (χ0n) is 9.20. The molecule has 0 bridgehead atoms. The smallest absolute Gasteiger partial charge is 0.341 e. The highest BCUT2D eigenvalue weighted by Gasteiger charge is 2.15. The molecule has 2 aromatic rings. The predicted octanol–water partition coefficient (Wildman–Crippen LogP) is 1.78. The van der Waals surface area contributed by atoms with Gasteiger partial charge in [-0.25, -0.2) is 9.78 Å². The Morgan fingerprint density at radius 2 is 2.44 bits per heavy atom. The van der Waals surface area contributed by atoms with Gasteiger partial charge in [0.1, 0.15) is 11.2 Å². The number of carbonyl (C=O) groups is 1. The number of ether oxygens (including phenoxy) is 1. The molecule has 2 N–H and O–H groups in total. The number of esters is 1. The largest absolute Gasteiger partial charge is 0.462 e. The molecule has 0 aromatic carbocycles. The number of pyridine rings is 1. The van der Waals surface area contributed by atoms with Gasteiger partial charge >= 0.3 is 5.97 Å². The van der Waals surface area contributed by atoms with E-state index in [1.54, 1.807) is 20.2 Å². The third-order valence-corrected chi connectivity index (χ3v) is 2.33. The van der Waals surface area contributed by atoms with Crippen LogP contribution in [0.1, 0.15) is 17.3 Å². The van der Waals surface area contributed by atoms with Gasteiger partial charge in [-0.3, -0.25) is 0 Å². The lowest BCUT2D eigenvalue weighted by Gasteiger charge is -2.08. The lowest BCUT2D eigenvalue weighted by Crippen LogP contribution is -2.08. The Morgan fingerprint density at radius 1 is 1.62 bits per heavy atom. The SMILES string of the molecule is CCOC(=O)c1cnc2[nH]ccc2c1NC. The summed E-state index contributed by atoms with van der Waals surface area (Å²) in [4.78, 5) is 18.8. The van der Waals surface area contributed by atoms with E-state index in [9.17, 15) is 4.79 Å². The van der Waals surface area contributed by atoms with Crippen LogP contribution < -0.4 is 5.32 Å². The summed E-state index contributed by atoms with van der Waals surface area (Å²) in [7, 11) is 1.77. The molecular formula is C11H13N3O2. The van der Waals surface area contributed by atoms with E-state index in [0.717, 1.165) is 16.7 Å². The molecule has 2 aromatic heterocycles. The van der Waals surface area contributed by atoms with Crippen LogP contribution in [-0.2, 0) is 4.74 Å². The number of anilines is 1. The van der Waals surface area contributed by atoms with Crippen LogP contribution in [0.25, 0.3) is 11.0 Å². The molecule has 0 atom stereocenters. The van der Waals surface area contributed by atoms with Crippen LogP contribution in [0.3, 0.4) is 0 Å². The molecule has 0 aliphatic rings. The van der Waals surface area contributed by atoms with E-state index in [4.69, 9.17) is 4.74 Å². The van der Waals surface area contributed by atoms with Gasteiger partial charge in [0.25, 0.3) is 0 Å². The van der Waals surface area contributed by atoms with E-state index in [1.165, 1.54) is 6.20 Å². The van der Waals surface area contributed by atoms with Crippen molar-refractivity contribution in [2.45, 2.75) is 6.92 Å². The van der Waals surface area contributed by atoms with Gasteiger partial charge in [-0.1, -0.05) is 0 Å². The van der Waals surface area contributed by atoms with Gasteiger partial charge < -0.3 is 15.0 Å². The standard InChI is InChI=1S/C11H13N3O2/c1-3-16-11(15)8-6-14-10-7(4-5-13-10)9(8)12-2/h4-6H,3H2,1-2H3,(H2,12,13,14). The Hall–Kier alpha value is -2.04. The van der Waals surface area contributed by atoms with Crippen molar-refractivity contribution in [2.75, 3.05) is 19.0 Å². The van der Waals surface area contributed by atoms with Crippen LogP contribution in [0.15, 0.2) is 18.5 Å². The minimum atomic E-state index is -0.359. The maximum atomic E-state index is 11.7. The first-order chi connectivity index (χ1) is 7.77. The number of hydrogen-bond donors (Lipinski definition) is 2. The molecule has 2 rings (SSSR count). The molecule has 5 heteroatoms. The first-order valence-corrected chi connectivity index (χ1v) is 5.09. The van der Waals surface area contributed by atoms with E-state index in [-0.39, 0.29) is 5.97 Å². The Kier molecular flexibility index (Phi) is 2.76. The average molecular weight is 219 g/mol. The Bertz CT molecular complexity index is 519. The minimum Gasteiger partial charge on any atom is -0.462 e. The van der Waals surface area contributed by atoms with Crippen LogP contribution in [0.4, 0.5) is 5.69 Å². The van der Waals surface area contributed by atoms with Crippen molar-refractivity contribution in [1.82, 2.24) is 9.97 Å². The molecule has 0 saturated carbocycles. The number of aromatic amines is 1. The third-order valence-electron chi connectivity index (χ3n) is 2.33. The maximum Gasteiger partial charge on any atom is 0.341 e. The summed E-state index contributed by atoms with van der Waals surface area (Å²) in [6.07, 6.45) is 3.30. The number of H-pyrrole nitrogens is 1. The fourth-order valence-electron chi connectivity index (χ4n) is 1.64. The number of hydrogen-bond acceptors (Lipinski definition) is 4. The van der Waals surface area contributed by atoms with Crippen molar-refractivity contribution < 1.29 is 9.53 Å². The molecule has 0 aliphatic carbocycles. The Morgan fingerprint density at radius 3 is 3.12 bits per heavy atom. The molecule has 5 nitrogen and oxygen atoms in total. The number of fused-ring (bicyclic) bond motifs is 1. The van der Waals surface area contributed by atoms with Crippen molar-refractivity contribution in [2.24, 2.45) is 0 Å². The topological polar surface area (TPSA) is 67.0 Å². The summed E-state index contributed by atoms with van der Waals surface area (Å²) in [5.41, 5.74) is 1.94. The van der Waals surface area contributed by atoms with Crippen molar-refractivity contribution in [3.8, 4) is 0 Å². The van der Waals surface area contributed by atoms with Crippen molar-refractivity contribution in [1.29, 1.82) is 0 Å². The van der Waals surface area contributed by atoms with E-state index in [1.807, 2.05) is 6.07 Å². The van der Waals surface area contributed by atoms with E-state index in [0.29, 0.717) is 12.2 Å². The third kappa shape index (κ3) is 1.60. The summed E-state index contributed by atoms with van der Waals surface area (Å²) >= 11 is 0. The van der Waals surface area contributed by atoms with Gasteiger partial charge in [-0.05, 0) is 13.0 Å². The van der Waals surface area contributed by atoms with Crippen LogP contribution in [-0.4, -0.2) is 29.6 Å². The molecule has 0 radical (unpaired) electrons. The quantitative estimate of drug-likeness (QED) is 0.772. The first kappa shape index (κ1) is 10.5. The zero-order valence-corrected chi connectivity index (χ0v) is 9.20. The fraction of sp³-hybridized carbons (Fsp3) is 0.273. The molecule has 84 valence electrons. The Labute approximate surface area is 92.8 Å². The highest BCUT2D eigenvalue weighted by Crippen LogP contribution is 2.25. The lowest BCUT2D eigenvalue weighted by atomic mass is 10.2. The van der Waals surface area contributed by atoms with Crippen LogP contribution in [0, 0.1) is 0 Å². The van der Waals surface area contributed by atoms with Gasteiger partial charge in [0, 0.05) is 24.8 Å². The van der Waals surface area contributed by atoms with Gasteiger partial charge in [-0.2, -0.15) is 0 Å². The molecular weight excluding hydrogens is 206 g/mol. The molecule has 0 aliphatic heterocycles. The van der Waals surface area contributed by atoms with E-state index in [2.05, 4.69) is 15.3 Å². The average Bonchev–Trinajstić information content (AvgIpc) is 2.75. The van der Waals surface area contributed by atoms with Crippen molar-refractivity contribution >= 4 is 22.7 Å². The monoisotopic (exact) mass is 219 g/mol. The summed E-state index contributed by atoms with van der Waals surface area (Å²) in [5.74, 6) is -0.359. The minimum absolute atomic E-state index is 0.354. The summed E-state index contributed by atoms with van der Waals surface area (Å²) in [5, 5.41) is 3.89. The Balaban J connectivity index is 2.56. The van der Waals surface area contributed by atoms with Crippen LogP contribution in [0.2, 0.25) is 0 Å². The number of carbonyl (C=O) groups excluding carboxylic acids is 1. The molecule has 2 heterocycles. The number of aromatic nitrogens is 2. The predicted molar refractivity (Wildman–Crippen MR) is 61.6 cm³/mol. The summed E-state index contributed by atoms with van der Waals surface area (Å²) in [6.45, 7) is 2.13. The van der Waals surface area contributed by atoms with Gasteiger partial charge in [0.15, 0.2) is 0 Å². The molecule has 0 saturated heterocycles. The molecule has 0 amide bonds. The normalized spacial score (nSPS) is 10.4. The molecule has 0 fully saturated rings. The van der Waals surface area contributed by atoms with E-state index < -0.39 is 0 Å². The van der Waals surface area contributed by atoms with Gasteiger partial charge in [0.05, 0.1) is 12.3 Å². The van der Waals surface area contributed by atoms with Crippen molar-refractivity contribution in [3.05, 3.63) is 24.0 Å². The fourth-order valence-corrected chi connectivity index (χ4v) is 1.64. The number of nitrogens with one attached hydrogen (secondary N) is 2. The highest BCUT2D eigenvalue weighted by molar-refractivity contribution is 6.04. The molecule has 0 spiro atoms. The zero-order chi connectivity index (χ0) is 11.5.